The number of aryl methyl sites for hydroxylation is 1. The van der Waals surface area contributed by atoms with Crippen molar-refractivity contribution >= 4 is 29.2 Å². The van der Waals surface area contributed by atoms with E-state index in [1.807, 2.05) is 38.1 Å². The molecule has 0 saturated carbocycles. The van der Waals surface area contributed by atoms with Crippen molar-refractivity contribution < 1.29 is 33.4 Å². The number of nitrogens with zero attached hydrogens (tertiary/aromatic N) is 4. The zero-order chi connectivity index (χ0) is 49.9. The highest BCUT2D eigenvalue weighted by Crippen LogP contribution is 2.41. The first-order valence-electron chi connectivity index (χ1n) is 23.5. The van der Waals surface area contributed by atoms with E-state index in [-0.39, 0.29) is 94.3 Å². The molecule has 0 aliphatic carbocycles. The number of fused-ring (bicyclic) bond motifs is 5. The molecule has 1 aromatic heterocycles. The molecule has 3 aromatic carbocycles. The van der Waals surface area contributed by atoms with Crippen LogP contribution in [0.5, 0.6) is 11.5 Å². The molecule has 7 N–H and O–H groups in total. The Morgan fingerprint density at radius 1 is 0.897 bits per heavy atom. The van der Waals surface area contributed by atoms with Gasteiger partial charge >= 0.3 is 0 Å². The predicted molar refractivity (Wildman–Crippen MR) is 262 cm³/mol. The van der Waals surface area contributed by atoms with E-state index in [1.165, 1.54) is 17.5 Å². The van der Waals surface area contributed by atoms with Crippen LogP contribution in [0.3, 0.4) is 0 Å². The molecule has 0 spiro atoms. The Bertz CT molecular complexity index is 2510. The molecule has 1 aliphatic rings. The smallest absolute Gasteiger partial charge is 0.226 e. The molecule has 5 rings (SSSR count). The molecule has 0 unspecified atom stereocenters. The SMILES string of the molecule is Cc1nc(-c2ccc(C(C)(C)C)cc2)nc(C(C)C)c1C(=O)C[C@@H](CCN)C(=O)N(C)[C@@H]1C(=O)C[C@@H](C)C(=O)N[C@H](C(=O)CCC#N)Cc2ccc(OCCN)c(c2)-c2cc1ccc2OCCN. The number of rotatable bonds is 18. The molecule has 0 fully saturated rings. The van der Waals surface area contributed by atoms with Gasteiger partial charge in [-0.15, -0.1) is 0 Å². The lowest BCUT2D eigenvalue weighted by atomic mass is 9.86. The number of hydrogen-bond acceptors (Lipinski definition) is 13. The molecule has 68 heavy (non-hydrogen) atoms. The van der Waals surface area contributed by atoms with Crippen molar-refractivity contribution in [2.45, 2.75) is 110 Å². The Balaban J connectivity index is 1.60. The maximum absolute atomic E-state index is 15.0. The lowest BCUT2D eigenvalue weighted by Gasteiger charge is -2.32. The molecule has 2 amide bonds. The second-order valence-electron chi connectivity index (χ2n) is 18.9. The second-order valence-corrected chi connectivity index (χ2v) is 18.9. The molecule has 2 heterocycles. The van der Waals surface area contributed by atoms with Crippen molar-refractivity contribution in [1.29, 1.82) is 5.26 Å². The zero-order valence-electron chi connectivity index (χ0n) is 40.8. The zero-order valence-corrected chi connectivity index (χ0v) is 40.8. The van der Waals surface area contributed by atoms with Gasteiger partial charge < -0.3 is 36.9 Å². The van der Waals surface area contributed by atoms with Crippen LogP contribution < -0.4 is 32.0 Å². The molecule has 4 atom stereocenters. The van der Waals surface area contributed by atoms with Gasteiger partial charge in [-0.25, -0.2) is 9.97 Å². The van der Waals surface area contributed by atoms with Crippen LogP contribution in [0.1, 0.15) is 124 Å². The van der Waals surface area contributed by atoms with Crippen LogP contribution in [0.2, 0.25) is 0 Å². The number of nitrogens with one attached hydrogen (secondary N) is 1. The van der Waals surface area contributed by atoms with Gasteiger partial charge in [-0.05, 0) is 78.6 Å². The molecule has 4 bridgehead atoms. The third-order valence-corrected chi connectivity index (χ3v) is 12.3. The summed E-state index contributed by atoms with van der Waals surface area (Å²) in [6, 6.07) is 18.4. The number of ketones is 3. The first kappa shape index (κ1) is 52.6. The molecular formula is C53H68N8O7. The predicted octanol–water partition coefficient (Wildman–Crippen LogP) is 6.46. The summed E-state index contributed by atoms with van der Waals surface area (Å²) < 4.78 is 12.3. The number of hydrogen-bond donors (Lipinski definition) is 4. The van der Waals surface area contributed by atoms with Crippen LogP contribution in [0, 0.1) is 30.1 Å². The highest BCUT2D eigenvalue weighted by molar-refractivity contribution is 6.01. The van der Waals surface area contributed by atoms with Crippen molar-refractivity contribution in [3.05, 3.63) is 94.3 Å². The summed E-state index contributed by atoms with van der Waals surface area (Å²) in [6.07, 6.45) is -0.407. The van der Waals surface area contributed by atoms with Gasteiger partial charge in [0, 0.05) is 74.3 Å². The van der Waals surface area contributed by atoms with Crippen LogP contribution >= 0.6 is 0 Å². The monoisotopic (exact) mass is 929 g/mol. The molecule has 4 aromatic rings. The van der Waals surface area contributed by atoms with Crippen molar-refractivity contribution in [3.63, 3.8) is 0 Å². The first-order valence-corrected chi connectivity index (χ1v) is 23.5. The molecule has 362 valence electrons. The summed E-state index contributed by atoms with van der Waals surface area (Å²) >= 11 is 0. The van der Waals surface area contributed by atoms with E-state index in [1.54, 1.807) is 44.2 Å². The van der Waals surface area contributed by atoms with Gasteiger partial charge in [0.05, 0.1) is 29.1 Å². The van der Waals surface area contributed by atoms with Crippen molar-refractivity contribution in [2.75, 3.05) is 39.9 Å². The Morgan fingerprint density at radius 3 is 2.12 bits per heavy atom. The van der Waals surface area contributed by atoms with Crippen LogP contribution in [0.4, 0.5) is 0 Å². The van der Waals surface area contributed by atoms with Gasteiger partial charge in [0.25, 0.3) is 0 Å². The Morgan fingerprint density at radius 2 is 1.53 bits per heavy atom. The summed E-state index contributed by atoms with van der Waals surface area (Å²) in [5.74, 6) is -2.82. The van der Waals surface area contributed by atoms with Gasteiger partial charge in [-0.2, -0.15) is 5.26 Å². The molecule has 0 radical (unpaired) electrons. The topological polar surface area (TPSA) is 247 Å². The van der Waals surface area contributed by atoms with Crippen LogP contribution in [0.15, 0.2) is 60.7 Å². The fourth-order valence-electron chi connectivity index (χ4n) is 8.57. The third kappa shape index (κ3) is 12.8. The van der Waals surface area contributed by atoms with Gasteiger partial charge in [-0.3, -0.25) is 24.0 Å². The number of aromatic nitrogens is 2. The fraction of sp³-hybridized carbons (Fsp3) is 0.472. The van der Waals surface area contributed by atoms with E-state index >= 15 is 0 Å². The van der Waals surface area contributed by atoms with E-state index in [9.17, 15) is 29.2 Å². The minimum absolute atomic E-state index is 0.0325. The maximum atomic E-state index is 15.0. The van der Waals surface area contributed by atoms with Gasteiger partial charge in [0.2, 0.25) is 11.8 Å². The van der Waals surface area contributed by atoms with E-state index in [4.69, 9.17) is 36.6 Å². The standard InChI is InChI=1S/C53H68N8O7/c1-31(2)48-47(33(4)58-50(60-48)35-12-15-38(16-13-35)53(5,6)7)43(63)30-37(19-21-55)52(66)61(8)49-36-14-18-46(68-25-23-57)40(29-36)39-27-34(11-17-45(39)67-24-22-56)28-41(42(62)10-9-20-54)59-51(65)32(3)26-44(49)64/h11-18,27,29,31-32,37,41,49H,9-10,19,21-26,28,30,55-57H2,1-8H3,(H,59,65)/t32-,37-,41+,49+/m1/s1. The van der Waals surface area contributed by atoms with Crippen molar-refractivity contribution in [1.82, 2.24) is 20.2 Å². The number of nitriles is 1. The van der Waals surface area contributed by atoms with Crippen LogP contribution in [-0.2, 0) is 31.0 Å². The molecular weight excluding hydrogens is 861 g/mol. The van der Waals surface area contributed by atoms with Crippen molar-refractivity contribution in [3.8, 4) is 40.1 Å². The number of benzene rings is 3. The summed E-state index contributed by atoms with van der Waals surface area (Å²) in [6.45, 7) is 14.6. The lowest BCUT2D eigenvalue weighted by Crippen LogP contribution is -2.46. The third-order valence-electron chi connectivity index (χ3n) is 12.3. The number of ether oxygens (including phenoxy) is 2. The van der Waals surface area contributed by atoms with Gasteiger partial charge in [0.1, 0.15) is 30.8 Å². The molecule has 15 heteroatoms. The largest absolute Gasteiger partial charge is 0.492 e. The Labute approximate surface area is 400 Å². The maximum Gasteiger partial charge on any atom is 0.226 e. The summed E-state index contributed by atoms with van der Waals surface area (Å²) in [5.41, 5.74) is 23.4. The minimum atomic E-state index is -1.25. The summed E-state index contributed by atoms with van der Waals surface area (Å²) in [4.78, 5) is 82.8. The van der Waals surface area contributed by atoms with Crippen LogP contribution in [0.25, 0.3) is 22.5 Å². The lowest BCUT2D eigenvalue weighted by molar-refractivity contribution is -0.142. The van der Waals surface area contributed by atoms with E-state index in [0.717, 1.165) is 5.56 Å². The molecule has 0 saturated heterocycles. The molecule has 15 nitrogen and oxygen atoms in total. The van der Waals surface area contributed by atoms with E-state index in [2.05, 4.69) is 38.2 Å². The normalized spacial score (nSPS) is 16.8. The summed E-state index contributed by atoms with van der Waals surface area (Å²) in [5, 5.41) is 12.1. The second kappa shape index (κ2) is 23.6. The highest BCUT2D eigenvalue weighted by Gasteiger charge is 2.37. The number of nitrogens with two attached hydrogens (primary N) is 3. The Hall–Kier alpha value is -6.34. The summed E-state index contributed by atoms with van der Waals surface area (Å²) in [7, 11) is 1.51. The van der Waals surface area contributed by atoms with Gasteiger partial charge in [0.15, 0.2) is 23.2 Å². The van der Waals surface area contributed by atoms with E-state index < -0.39 is 41.5 Å². The average molecular weight is 929 g/mol. The van der Waals surface area contributed by atoms with E-state index in [0.29, 0.717) is 56.5 Å². The number of Topliss-reactive ketones (excluding diaryl/α,β-unsaturated/α-hetero) is 3. The Kier molecular flexibility index (Phi) is 18.3. The first-order chi connectivity index (χ1) is 32.3. The quantitative estimate of drug-likeness (QED) is 0.0784. The number of carbonyl (C=O) groups is 5. The van der Waals surface area contributed by atoms with Crippen LogP contribution in [-0.4, -0.2) is 90.0 Å². The minimum Gasteiger partial charge on any atom is -0.492 e. The number of likely N-dealkylation sites (N-methyl/N-ethyl adjacent to an activating group) is 1. The van der Waals surface area contributed by atoms with Crippen molar-refractivity contribution in [2.24, 2.45) is 29.0 Å². The number of amides is 2. The average Bonchev–Trinajstić information content (AvgIpc) is 3.30. The number of carbonyl (C=O) groups excluding carboxylic acids is 5. The fourth-order valence-corrected chi connectivity index (χ4v) is 8.57. The molecule has 1 aliphatic heterocycles. The highest BCUT2D eigenvalue weighted by atomic mass is 16.5. The van der Waals surface area contributed by atoms with Gasteiger partial charge in [-0.1, -0.05) is 77.9 Å².